The molecule has 0 aliphatic heterocycles. The fraction of sp³-hybridized carbons (Fsp3) is 0.925. The van der Waals surface area contributed by atoms with Crippen LogP contribution in [-0.2, 0) is 28.6 Å². The van der Waals surface area contributed by atoms with Crippen LogP contribution < -0.4 is 0 Å². The number of esters is 3. The van der Waals surface area contributed by atoms with E-state index >= 15 is 0 Å². The molecule has 0 aliphatic carbocycles. The van der Waals surface area contributed by atoms with Gasteiger partial charge >= 0.3 is 17.9 Å². The molecule has 0 heterocycles. The van der Waals surface area contributed by atoms with Crippen LogP contribution in [-0.4, -0.2) is 37.2 Å². The third kappa shape index (κ3) is 33.8. The molecule has 6 nitrogen and oxygen atoms in total. The third-order valence-corrected chi connectivity index (χ3v) is 8.79. The van der Waals surface area contributed by atoms with Crippen molar-refractivity contribution < 1.29 is 28.6 Å². The fourth-order valence-electron chi connectivity index (χ4n) is 5.74. The molecule has 272 valence electrons. The molecule has 0 rings (SSSR count). The van der Waals surface area contributed by atoms with Gasteiger partial charge in [0.05, 0.1) is 0 Å². The number of ether oxygens (including phenoxy) is 3. The van der Waals surface area contributed by atoms with Crippen molar-refractivity contribution in [1.29, 1.82) is 0 Å². The minimum absolute atomic E-state index is 0.0658. The lowest BCUT2D eigenvalue weighted by atomic mass is 10.0. The lowest BCUT2D eigenvalue weighted by Gasteiger charge is -2.18. The number of hydrogen-bond acceptors (Lipinski definition) is 6. The molecule has 0 spiro atoms. The molecule has 1 atom stereocenters. The van der Waals surface area contributed by atoms with E-state index in [9.17, 15) is 14.4 Å². The molecule has 0 N–H and O–H groups in total. The van der Waals surface area contributed by atoms with Crippen molar-refractivity contribution in [3.05, 3.63) is 0 Å². The molecule has 0 bridgehead atoms. The first kappa shape index (κ1) is 44.4. The van der Waals surface area contributed by atoms with Crippen LogP contribution in [0.15, 0.2) is 0 Å². The second-order valence-electron chi connectivity index (χ2n) is 14.0. The van der Waals surface area contributed by atoms with Crippen molar-refractivity contribution in [3.8, 4) is 0 Å². The minimum atomic E-state index is -0.756. The zero-order valence-corrected chi connectivity index (χ0v) is 31.0. The molecular formula is C40H76O6. The Morgan fingerprint density at radius 2 is 0.717 bits per heavy atom. The molecule has 46 heavy (non-hydrogen) atoms. The number of rotatable bonds is 35. The summed E-state index contributed by atoms with van der Waals surface area (Å²) in [5.41, 5.74) is 0. The van der Waals surface area contributed by atoms with E-state index < -0.39 is 6.10 Å². The van der Waals surface area contributed by atoms with Crippen LogP contribution >= 0.6 is 0 Å². The summed E-state index contributed by atoms with van der Waals surface area (Å²) in [6, 6.07) is 0. The van der Waals surface area contributed by atoms with Gasteiger partial charge in [-0.15, -0.1) is 0 Å². The Hall–Kier alpha value is -1.59. The van der Waals surface area contributed by atoms with Crippen molar-refractivity contribution in [2.24, 2.45) is 5.92 Å². The summed E-state index contributed by atoms with van der Waals surface area (Å²) in [7, 11) is 0. The van der Waals surface area contributed by atoms with Gasteiger partial charge in [-0.05, 0) is 25.2 Å². The SMILES string of the molecule is CCCCCCCCCCCCC(=O)O[C@@H](COC(=O)CCCCCCCCC)COC(=O)CCCCCCCCCCC(C)C. The Morgan fingerprint density at radius 1 is 0.413 bits per heavy atom. The van der Waals surface area contributed by atoms with E-state index in [-0.39, 0.29) is 31.1 Å². The summed E-state index contributed by atoms with van der Waals surface area (Å²) < 4.78 is 16.6. The first-order valence-electron chi connectivity index (χ1n) is 19.9. The molecule has 0 aliphatic rings. The maximum atomic E-state index is 12.6. The van der Waals surface area contributed by atoms with Crippen molar-refractivity contribution in [3.63, 3.8) is 0 Å². The summed E-state index contributed by atoms with van der Waals surface area (Å²) >= 11 is 0. The highest BCUT2D eigenvalue weighted by molar-refractivity contribution is 5.71. The van der Waals surface area contributed by atoms with Crippen LogP contribution in [0.4, 0.5) is 0 Å². The summed E-state index contributed by atoms with van der Waals surface area (Å²) in [5, 5.41) is 0. The highest BCUT2D eigenvalue weighted by Crippen LogP contribution is 2.15. The maximum Gasteiger partial charge on any atom is 0.306 e. The molecule has 0 aromatic heterocycles. The molecule has 0 aromatic carbocycles. The van der Waals surface area contributed by atoms with Gasteiger partial charge in [-0.1, -0.05) is 175 Å². The normalized spacial score (nSPS) is 11.9. The molecule has 0 amide bonds. The van der Waals surface area contributed by atoms with Gasteiger partial charge in [0.2, 0.25) is 0 Å². The van der Waals surface area contributed by atoms with E-state index in [1.165, 1.54) is 109 Å². The standard InChI is InChI=1S/C40H76O6/c1-5-7-9-11-13-14-15-21-25-29-33-40(43)46-37(34-44-38(41)31-27-23-18-12-10-8-6-2)35-45-39(42)32-28-24-20-17-16-19-22-26-30-36(3)4/h36-37H,5-35H2,1-4H3/t37-/m0/s1. The van der Waals surface area contributed by atoms with E-state index in [0.29, 0.717) is 19.3 Å². The smallest absolute Gasteiger partial charge is 0.306 e. The molecule has 0 unspecified atom stereocenters. The molecular weight excluding hydrogens is 576 g/mol. The average Bonchev–Trinajstić information content (AvgIpc) is 3.03. The van der Waals surface area contributed by atoms with Crippen LogP contribution in [0.2, 0.25) is 0 Å². The quantitative estimate of drug-likeness (QED) is 0.0385. The van der Waals surface area contributed by atoms with Crippen LogP contribution in [0.3, 0.4) is 0 Å². The minimum Gasteiger partial charge on any atom is -0.462 e. The van der Waals surface area contributed by atoms with E-state index in [2.05, 4.69) is 27.7 Å². The van der Waals surface area contributed by atoms with E-state index in [1.54, 1.807) is 0 Å². The molecule has 0 saturated heterocycles. The average molecular weight is 653 g/mol. The maximum absolute atomic E-state index is 12.6. The van der Waals surface area contributed by atoms with E-state index in [4.69, 9.17) is 14.2 Å². The van der Waals surface area contributed by atoms with Crippen molar-refractivity contribution >= 4 is 17.9 Å². The van der Waals surface area contributed by atoms with Gasteiger partial charge in [-0.25, -0.2) is 0 Å². The largest absolute Gasteiger partial charge is 0.462 e. The molecule has 6 heteroatoms. The predicted octanol–water partition coefficient (Wildman–Crippen LogP) is 12.0. The number of unbranched alkanes of at least 4 members (excludes halogenated alkanes) is 22. The van der Waals surface area contributed by atoms with E-state index in [1.807, 2.05) is 0 Å². The summed E-state index contributed by atoms with van der Waals surface area (Å²) in [4.78, 5) is 37.3. The highest BCUT2D eigenvalue weighted by Gasteiger charge is 2.19. The van der Waals surface area contributed by atoms with Crippen molar-refractivity contribution in [2.45, 2.75) is 220 Å². The van der Waals surface area contributed by atoms with Crippen LogP contribution in [0.25, 0.3) is 0 Å². The zero-order valence-electron chi connectivity index (χ0n) is 31.0. The van der Waals surface area contributed by atoms with Gasteiger partial charge in [0.15, 0.2) is 6.10 Å². The number of hydrogen-bond donors (Lipinski definition) is 0. The highest BCUT2D eigenvalue weighted by atomic mass is 16.6. The third-order valence-electron chi connectivity index (χ3n) is 8.79. The van der Waals surface area contributed by atoms with Gasteiger partial charge in [0.25, 0.3) is 0 Å². The summed E-state index contributed by atoms with van der Waals surface area (Å²) in [5.74, 6) is -0.0754. The monoisotopic (exact) mass is 653 g/mol. The Bertz CT molecular complexity index is 691. The zero-order chi connectivity index (χ0) is 33.9. The second kappa shape index (κ2) is 34.7. The van der Waals surface area contributed by atoms with Crippen molar-refractivity contribution in [1.82, 2.24) is 0 Å². The van der Waals surface area contributed by atoms with Gasteiger partial charge in [-0.3, -0.25) is 14.4 Å². The van der Waals surface area contributed by atoms with Gasteiger partial charge < -0.3 is 14.2 Å². The van der Waals surface area contributed by atoms with Gasteiger partial charge in [0, 0.05) is 19.3 Å². The summed E-state index contributed by atoms with van der Waals surface area (Å²) in [6.45, 7) is 8.88. The van der Waals surface area contributed by atoms with Crippen molar-refractivity contribution in [2.75, 3.05) is 13.2 Å². The van der Waals surface area contributed by atoms with Crippen LogP contribution in [0, 0.1) is 5.92 Å². The van der Waals surface area contributed by atoms with Gasteiger partial charge in [0.1, 0.15) is 13.2 Å². The molecule has 0 aromatic rings. The fourth-order valence-corrected chi connectivity index (χ4v) is 5.74. The lowest BCUT2D eigenvalue weighted by Crippen LogP contribution is -2.30. The molecule has 0 radical (unpaired) electrons. The lowest BCUT2D eigenvalue weighted by molar-refractivity contribution is -0.167. The van der Waals surface area contributed by atoms with Crippen LogP contribution in [0.1, 0.15) is 214 Å². The van der Waals surface area contributed by atoms with E-state index in [0.717, 1.165) is 63.7 Å². The molecule has 0 fully saturated rings. The Balaban J connectivity index is 4.33. The predicted molar refractivity (Wildman–Crippen MR) is 192 cm³/mol. The number of carbonyl (C=O) groups is 3. The van der Waals surface area contributed by atoms with Crippen LogP contribution in [0.5, 0.6) is 0 Å². The van der Waals surface area contributed by atoms with Gasteiger partial charge in [-0.2, -0.15) is 0 Å². The number of carbonyl (C=O) groups excluding carboxylic acids is 3. The summed E-state index contributed by atoms with van der Waals surface area (Å²) in [6.07, 6.45) is 31.0. The Kier molecular flexibility index (Phi) is 33.5. The molecule has 0 saturated carbocycles. The second-order valence-corrected chi connectivity index (χ2v) is 14.0. The Labute approximate surface area is 285 Å². The first-order valence-corrected chi connectivity index (χ1v) is 19.9. The Morgan fingerprint density at radius 3 is 1.07 bits per heavy atom. The topological polar surface area (TPSA) is 78.9 Å². The first-order chi connectivity index (χ1) is 22.4.